The van der Waals surface area contributed by atoms with Gasteiger partial charge in [0.1, 0.15) is 11.5 Å². The molecule has 1 heterocycles. The van der Waals surface area contributed by atoms with Gasteiger partial charge in [-0.1, -0.05) is 36.4 Å². The second-order valence-electron chi connectivity index (χ2n) is 7.79. The van der Waals surface area contributed by atoms with Crippen molar-refractivity contribution < 1.29 is 51.5 Å². The third-order valence-corrected chi connectivity index (χ3v) is 6.12. The van der Waals surface area contributed by atoms with E-state index in [9.17, 15) is 18.9 Å². The summed E-state index contributed by atoms with van der Waals surface area (Å²) in [5.74, 6) is -1.88. The van der Waals surface area contributed by atoms with Gasteiger partial charge in [0.15, 0.2) is 18.3 Å². The van der Waals surface area contributed by atoms with Crippen LogP contribution in [0.2, 0.25) is 0 Å². The molecule has 1 fully saturated rings. The molecule has 2 aromatic carbocycles. The number of hydrogen-bond donors (Lipinski definition) is 0. The van der Waals surface area contributed by atoms with Gasteiger partial charge in [-0.15, -0.1) is 0 Å². The zero-order chi connectivity index (χ0) is 26.3. The lowest BCUT2D eigenvalue weighted by atomic mass is 9.99. The average molecular weight is 522 g/mol. The van der Waals surface area contributed by atoms with Gasteiger partial charge >= 0.3 is 25.7 Å². The summed E-state index contributed by atoms with van der Waals surface area (Å²) in [7, 11) is -4.51. The Balaban J connectivity index is 1.98. The highest BCUT2D eigenvalue weighted by molar-refractivity contribution is 7.49. The van der Waals surface area contributed by atoms with Crippen LogP contribution in [-0.4, -0.2) is 48.6 Å². The minimum absolute atomic E-state index is 0.166. The van der Waals surface area contributed by atoms with Crippen LogP contribution in [0.15, 0.2) is 60.7 Å². The summed E-state index contributed by atoms with van der Waals surface area (Å²) < 4.78 is 52.5. The molecule has 3 rings (SSSR count). The summed E-state index contributed by atoms with van der Waals surface area (Å²) in [6.07, 6.45) is -6.51. The average Bonchev–Trinajstić information content (AvgIpc) is 2.79. The third kappa shape index (κ3) is 7.55. The normalized spacial score (nSPS) is 23.7. The highest BCUT2D eigenvalue weighted by Crippen LogP contribution is 2.52. The molecule has 194 valence electrons. The van der Waals surface area contributed by atoms with Crippen LogP contribution in [0.1, 0.15) is 27.7 Å². The van der Waals surface area contributed by atoms with Gasteiger partial charge in [-0.05, 0) is 31.2 Å². The maximum atomic E-state index is 13.9. The Morgan fingerprint density at radius 3 is 1.56 bits per heavy atom. The Labute approximate surface area is 208 Å². The van der Waals surface area contributed by atoms with Crippen molar-refractivity contribution in [2.75, 3.05) is 0 Å². The topological polar surface area (TPSA) is 133 Å². The van der Waals surface area contributed by atoms with Gasteiger partial charge in [0.05, 0.1) is 6.10 Å². The lowest BCUT2D eigenvalue weighted by molar-refractivity contribution is -0.282. The van der Waals surface area contributed by atoms with Crippen LogP contribution in [0.3, 0.4) is 0 Å². The van der Waals surface area contributed by atoms with Crippen molar-refractivity contribution >= 4 is 25.7 Å². The molecule has 0 spiro atoms. The van der Waals surface area contributed by atoms with Crippen molar-refractivity contribution in [1.29, 1.82) is 0 Å². The molecule has 11 nitrogen and oxygen atoms in total. The lowest BCUT2D eigenvalue weighted by Crippen LogP contribution is -2.61. The minimum Gasteiger partial charge on any atom is -0.456 e. The van der Waals surface area contributed by atoms with Crippen molar-refractivity contribution in [2.45, 2.75) is 58.4 Å². The first-order valence-corrected chi connectivity index (χ1v) is 12.5. The van der Waals surface area contributed by atoms with E-state index in [0.29, 0.717) is 0 Å². The number of phosphoric acid groups is 1. The number of rotatable bonds is 9. The second kappa shape index (κ2) is 12.0. The fourth-order valence-electron chi connectivity index (χ4n) is 3.46. The molecule has 0 N–H and O–H groups in total. The molecule has 0 bridgehead atoms. The Hall–Kier alpha value is -3.40. The van der Waals surface area contributed by atoms with Crippen LogP contribution < -0.4 is 9.05 Å². The molecular weight excluding hydrogens is 495 g/mol. The van der Waals surface area contributed by atoms with Gasteiger partial charge in [0.25, 0.3) is 0 Å². The number of esters is 3. The number of carbonyl (C=O) groups is 3. The van der Waals surface area contributed by atoms with Gasteiger partial charge in [0, 0.05) is 20.8 Å². The van der Waals surface area contributed by atoms with Crippen LogP contribution in [-0.2, 0) is 42.4 Å². The molecule has 12 heteroatoms. The molecule has 1 aliphatic heterocycles. The predicted octanol–water partition coefficient (Wildman–Crippen LogP) is 3.81. The van der Waals surface area contributed by atoms with Gasteiger partial charge in [0.2, 0.25) is 6.29 Å². The van der Waals surface area contributed by atoms with Gasteiger partial charge in [-0.3, -0.25) is 14.4 Å². The standard InChI is InChI=1S/C24H27O11P/c1-15-21(30-16(2)25)22(31-17(3)26)23(32-18(4)27)24(29-15)35-36(28,33-19-11-7-5-8-12-19)34-20-13-9-6-10-14-20/h5-15,21-24H,1-4H3/t15-,21+,22+,23-,24-/m0/s1. The molecular formula is C24H27O11P. The van der Waals surface area contributed by atoms with E-state index in [0.717, 1.165) is 20.8 Å². The predicted molar refractivity (Wildman–Crippen MR) is 124 cm³/mol. The summed E-state index contributed by atoms with van der Waals surface area (Å²) in [5.41, 5.74) is 0. The van der Waals surface area contributed by atoms with Crippen LogP contribution in [0.5, 0.6) is 11.5 Å². The molecule has 0 unspecified atom stereocenters. The summed E-state index contributed by atoms with van der Waals surface area (Å²) in [4.78, 5) is 35.5. The fourth-order valence-corrected chi connectivity index (χ4v) is 4.77. The first kappa shape index (κ1) is 27.2. The maximum absolute atomic E-state index is 13.9. The van der Waals surface area contributed by atoms with Gasteiger partial charge in [-0.2, -0.15) is 0 Å². The quantitative estimate of drug-likeness (QED) is 0.270. The van der Waals surface area contributed by atoms with E-state index in [4.69, 9.17) is 32.5 Å². The molecule has 0 aliphatic carbocycles. The number of para-hydroxylation sites is 2. The third-order valence-electron chi connectivity index (χ3n) is 4.79. The van der Waals surface area contributed by atoms with Crippen molar-refractivity contribution in [3.05, 3.63) is 60.7 Å². The Bertz CT molecular complexity index is 1050. The minimum atomic E-state index is -4.51. The van der Waals surface area contributed by atoms with Crippen LogP contribution in [0.25, 0.3) is 0 Å². The van der Waals surface area contributed by atoms with E-state index in [-0.39, 0.29) is 11.5 Å². The lowest BCUT2D eigenvalue weighted by Gasteiger charge is -2.43. The van der Waals surface area contributed by atoms with Crippen LogP contribution in [0.4, 0.5) is 0 Å². The second-order valence-corrected chi connectivity index (χ2v) is 9.26. The number of hydrogen-bond acceptors (Lipinski definition) is 11. The Kier molecular flexibility index (Phi) is 9.08. The van der Waals surface area contributed by atoms with E-state index in [2.05, 4.69) is 0 Å². The number of carbonyl (C=O) groups excluding carboxylic acids is 3. The van der Waals surface area contributed by atoms with Crippen molar-refractivity contribution in [3.63, 3.8) is 0 Å². The van der Waals surface area contributed by atoms with Crippen LogP contribution in [0, 0.1) is 0 Å². The fraction of sp³-hybridized carbons (Fsp3) is 0.375. The molecule has 5 atom stereocenters. The molecule has 0 saturated carbocycles. The summed E-state index contributed by atoms with van der Waals surface area (Å²) >= 11 is 0. The molecule has 2 aromatic rings. The molecule has 1 saturated heterocycles. The highest BCUT2D eigenvalue weighted by atomic mass is 31.2. The van der Waals surface area contributed by atoms with Crippen molar-refractivity contribution in [2.24, 2.45) is 0 Å². The smallest absolute Gasteiger partial charge is 0.456 e. The number of phosphoric ester groups is 1. The summed E-state index contributed by atoms with van der Waals surface area (Å²) in [5, 5.41) is 0. The molecule has 1 aliphatic rings. The SMILES string of the molecule is CC(=O)O[C@H]1[C@H](OC(C)=O)[C@H](OP(=O)(Oc2ccccc2)Oc2ccccc2)O[C@@H](C)[C@H]1OC(C)=O. The zero-order valence-corrected chi connectivity index (χ0v) is 21.0. The zero-order valence-electron chi connectivity index (χ0n) is 20.1. The van der Waals surface area contributed by atoms with E-state index in [1.54, 1.807) is 36.4 Å². The highest BCUT2D eigenvalue weighted by Gasteiger charge is 2.54. The van der Waals surface area contributed by atoms with E-state index >= 15 is 0 Å². The molecule has 0 amide bonds. The summed E-state index contributed by atoms with van der Waals surface area (Å²) in [6.45, 7) is 4.93. The van der Waals surface area contributed by atoms with E-state index in [1.807, 2.05) is 0 Å². The number of ether oxygens (including phenoxy) is 4. The molecule has 0 aromatic heterocycles. The molecule has 36 heavy (non-hydrogen) atoms. The van der Waals surface area contributed by atoms with Crippen molar-refractivity contribution in [1.82, 2.24) is 0 Å². The Morgan fingerprint density at radius 1 is 0.694 bits per heavy atom. The van der Waals surface area contributed by atoms with Crippen LogP contribution >= 0.6 is 7.82 Å². The largest absolute Gasteiger partial charge is 0.590 e. The maximum Gasteiger partial charge on any atom is 0.590 e. The van der Waals surface area contributed by atoms with Gasteiger partial charge < -0.3 is 28.0 Å². The van der Waals surface area contributed by atoms with E-state index < -0.39 is 56.4 Å². The number of benzene rings is 2. The Morgan fingerprint density at radius 2 is 1.11 bits per heavy atom. The monoisotopic (exact) mass is 522 g/mol. The van der Waals surface area contributed by atoms with Crippen molar-refractivity contribution in [3.8, 4) is 11.5 Å². The molecule has 0 radical (unpaired) electrons. The van der Waals surface area contributed by atoms with Gasteiger partial charge in [-0.25, -0.2) is 9.09 Å². The first-order valence-electron chi connectivity index (χ1n) is 11.0. The summed E-state index contributed by atoms with van der Waals surface area (Å²) in [6, 6.07) is 16.2. The van der Waals surface area contributed by atoms with E-state index in [1.165, 1.54) is 31.2 Å². The first-order chi connectivity index (χ1) is 17.1.